The fourth-order valence-corrected chi connectivity index (χ4v) is 1.88. The van der Waals surface area contributed by atoms with Crippen LogP contribution in [0.5, 0.6) is 0 Å². The van der Waals surface area contributed by atoms with Crippen molar-refractivity contribution in [3.05, 3.63) is 24.4 Å². The first kappa shape index (κ1) is 8.54. The fraction of sp³-hybridized carbons (Fsp3) is 0.545. The van der Waals surface area contributed by atoms with Crippen LogP contribution in [-0.2, 0) is 0 Å². The number of nitrogens with zero attached hydrogens (tertiary/aromatic N) is 2. The molecule has 0 bridgehead atoms. The summed E-state index contributed by atoms with van der Waals surface area (Å²) >= 11 is 0. The minimum atomic E-state index is 0.529. The maximum absolute atomic E-state index is 4.52. The Bertz CT molecular complexity index is 263. The Morgan fingerprint density at radius 3 is 3.15 bits per heavy atom. The van der Waals surface area contributed by atoms with Gasteiger partial charge in [0.15, 0.2) is 0 Å². The van der Waals surface area contributed by atoms with Crippen LogP contribution in [-0.4, -0.2) is 23.3 Å². The SMILES string of the molecule is CCC1C=CC=CN1C1=NCCC1. The van der Waals surface area contributed by atoms with E-state index in [9.17, 15) is 0 Å². The van der Waals surface area contributed by atoms with Crippen LogP contribution in [0.4, 0.5) is 0 Å². The van der Waals surface area contributed by atoms with Crippen molar-refractivity contribution >= 4 is 5.84 Å². The van der Waals surface area contributed by atoms with E-state index in [2.05, 4.69) is 41.2 Å². The molecule has 1 unspecified atom stereocenters. The molecule has 2 nitrogen and oxygen atoms in total. The van der Waals surface area contributed by atoms with Gasteiger partial charge in [0.1, 0.15) is 5.84 Å². The van der Waals surface area contributed by atoms with Crippen LogP contribution in [0, 0.1) is 0 Å². The molecule has 0 radical (unpaired) electrons. The molecule has 0 fully saturated rings. The Hall–Kier alpha value is -1.05. The van der Waals surface area contributed by atoms with Crippen LogP contribution in [0.1, 0.15) is 26.2 Å². The Kier molecular flexibility index (Phi) is 2.48. The molecule has 13 heavy (non-hydrogen) atoms. The van der Waals surface area contributed by atoms with Gasteiger partial charge in [-0.2, -0.15) is 0 Å². The summed E-state index contributed by atoms with van der Waals surface area (Å²) in [5, 5.41) is 0. The summed E-state index contributed by atoms with van der Waals surface area (Å²) in [6, 6.07) is 0.529. The minimum Gasteiger partial charge on any atom is -0.330 e. The van der Waals surface area contributed by atoms with Gasteiger partial charge in [-0.3, -0.25) is 4.99 Å². The minimum absolute atomic E-state index is 0.529. The molecule has 0 spiro atoms. The standard InChI is InChI=1S/C11H16N2/c1-2-10-6-3-4-9-13(10)11-7-5-8-12-11/h3-4,6,9-10H,2,5,7-8H2,1H3. The van der Waals surface area contributed by atoms with Gasteiger partial charge in [-0.05, 0) is 18.9 Å². The molecule has 0 aromatic rings. The second-order valence-electron chi connectivity index (χ2n) is 3.51. The molecule has 0 aromatic carbocycles. The third-order valence-corrected chi connectivity index (χ3v) is 2.62. The number of rotatable bonds is 1. The van der Waals surface area contributed by atoms with Crippen molar-refractivity contribution in [2.75, 3.05) is 6.54 Å². The van der Waals surface area contributed by atoms with Crippen molar-refractivity contribution in [2.45, 2.75) is 32.2 Å². The molecular weight excluding hydrogens is 160 g/mol. The Morgan fingerprint density at radius 2 is 2.46 bits per heavy atom. The molecule has 0 saturated carbocycles. The lowest BCUT2D eigenvalue weighted by molar-refractivity contribution is 0.445. The predicted molar refractivity (Wildman–Crippen MR) is 55.7 cm³/mol. The van der Waals surface area contributed by atoms with Gasteiger partial charge in [0.25, 0.3) is 0 Å². The van der Waals surface area contributed by atoms with Gasteiger partial charge < -0.3 is 4.90 Å². The Morgan fingerprint density at radius 1 is 1.54 bits per heavy atom. The highest BCUT2D eigenvalue weighted by Crippen LogP contribution is 2.17. The third kappa shape index (κ3) is 1.67. The number of aliphatic imine (C=N–C) groups is 1. The molecule has 0 N–H and O–H groups in total. The highest BCUT2D eigenvalue weighted by Gasteiger charge is 2.19. The zero-order valence-electron chi connectivity index (χ0n) is 8.11. The lowest BCUT2D eigenvalue weighted by Crippen LogP contribution is -2.34. The molecule has 0 saturated heterocycles. The maximum atomic E-state index is 4.52. The number of hydrogen-bond donors (Lipinski definition) is 0. The van der Waals surface area contributed by atoms with Gasteiger partial charge in [-0.1, -0.05) is 19.1 Å². The molecule has 0 aliphatic carbocycles. The van der Waals surface area contributed by atoms with Crippen LogP contribution < -0.4 is 0 Å². The van der Waals surface area contributed by atoms with Gasteiger partial charge >= 0.3 is 0 Å². The van der Waals surface area contributed by atoms with Crippen molar-refractivity contribution in [3.63, 3.8) is 0 Å². The van der Waals surface area contributed by atoms with Crippen LogP contribution in [0.2, 0.25) is 0 Å². The zero-order valence-corrected chi connectivity index (χ0v) is 8.11. The van der Waals surface area contributed by atoms with E-state index in [1.54, 1.807) is 0 Å². The van der Waals surface area contributed by atoms with Gasteiger partial charge in [0.2, 0.25) is 0 Å². The Balaban J connectivity index is 2.12. The fourth-order valence-electron chi connectivity index (χ4n) is 1.88. The summed E-state index contributed by atoms with van der Waals surface area (Å²) in [6.45, 7) is 3.23. The summed E-state index contributed by atoms with van der Waals surface area (Å²) in [7, 11) is 0. The molecular formula is C11H16N2. The topological polar surface area (TPSA) is 15.6 Å². The van der Waals surface area contributed by atoms with Crippen molar-refractivity contribution in [1.29, 1.82) is 0 Å². The lowest BCUT2D eigenvalue weighted by atomic mass is 10.1. The van der Waals surface area contributed by atoms with E-state index in [-0.39, 0.29) is 0 Å². The van der Waals surface area contributed by atoms with Gasteiger partial charge in [0, 0.05) is 19.2 Å². The largest absolute Gasteiger partial charge is 0.330 e. The third-order valence-electron chi connectivity index (χ3n) is 2.62. The second kappa shape index (κ2) is 3.77. The maximum Gasteiger partial charge on any atom is 0.103 e. The van der Waals surface area contributed by atoms with E-state index in [4.69, 9.17) is 0 Å². The van der Waals surface area contributed by atoms with Crippen LogP contribution in [0.25, 0.3) is 0 Å². The van der Waals surface area contributed by atoms with Crippen LogP contribution >= 0.6 is 0 Å². The molecule has 0 amide bonds. The number of allylic oxidation sites excluding steroid dienone is 2. The van der Waals surface area contributed by atoms with E-state index >= 15 is 0 Å². The van der Waals surface area contributed by atoms with Crippen LogP contribution in [0.3, 0.4) is 0 Å². The predicted octanol–water partition coefficient (Wildman–Crippen LogP) is 2.34. The van der Waals surface area contributed by atoms with E-state index in [1.807, 2.05) is 0 Å². The first-order valence-electron chi connectivity index (χ1n) is 5.08. The van der Waals surface area contributed by atoms with Gasteiger partial charge in [-0.15, -0.1) is 0 Å². The zero-order chi connectivity index (χ0) is 9.10. The van der Waals surface area contributed by atoms with Crippen molar-refractivity contribution < 1.29 is 0 Å². The molecule has 2 heterocycles. The van der Waals surface area contributed by atoms with E-state index in [1.165, 1.54) is 12.3 Å². The highest BCUT2D eigenvalue weighted by atomic mass is 15.2. The van der Waals surface area contributed by atoms with Crippen molar-refractivity contribution in [1.82, 2.24) is 4.90 Å². The Labute approximate surface area is 79.7 Å². The average Bonchev–Trinajstić information content (AvgIpc) is 2.70. The molecule has 2 aliphatic rings. The molecule has 70 valence electrons. The first-order valence-corrected chi connectivity index (χ1v) is 5.08. The smallest absolute Gasteiger partial charge is 0.103 e. The summed E-state index contributed by atoms with van der Waals surface area (Å²) in [4.78, 5) is 6.83. The van der Waals surface area contributed by atoms with Gasteiger partial charge in [0.05, 0.1) is 6.04 Å². The monoisotopic (exact) mass is 176 g/mol. The molecule has 0 aromatic heterocycles. The molecule has 2 heteroatoms. The average molecular weight is 176 g/mol. The highest BCUT2D eigenvalue weighted by molar-refractivity contribution is 5.85. The van der Waals surface area contributed by atoms with E-state index < -0.39 is 0 Å². The molecule has 2 aliphatic heterocycles. The summed E-state index contributed by atoms with van der Waals surface area (Å²) in [5.74, 6) is 1.27. The number of amidine groups is 1. The first-order chi connectivity index (χ1) is 6.42. The molecule has 2 rings (SSSR count). The summed E-state index contributed by atoms with van der Waals surface area (Å²) < 4.78 is 0. The quantitative estimate of drug-likeness (QED) is 0.598. The van der Waals surface area contributed by atoms with E-state index in [0.29, 0.717) is 6.04 Å². The lowest BCUT2D eigenvalue weighted by Gasteiger charge is -2.29. The van der Waals surface area contributed by atoms with Gasteiger partial charge in [-0.25, -0.2) is 0 Å². The van der Waals surface area contributed by atoms with Crippen LogP contribution in [0.15, 0.2) is 29.4 Å². The van der Waals surface area contributed by atoms with Crippen molar-refractivity contribution in [3.8, 4) is 0 Å². The van der Waals surface area contributed by atoms with E-state index in [0.717, 1.165) is 19.4 Å². The summed E-state index contributed by atoms with van der Waals surface area (Å²) in [5.41, 5.74) is 0. The number of hydrogen-bond acceptors (Lipinski definition) is 2. The van der Waals surface area contributed by atoms with Crippen molar-refractivity contribution in [2.24, 2.45) is 4.99 Å². The normalized spacial score (nSPS) is 26.7. The second-order valence-corrected chi connectivity index (χ2v) is 3.51. The summed E-state index contributed by atoms with van der Waals surface area (Å²) in [6.07, 6.45) is 12.1. The molecule has 1 atom stereocenters.